The Balaban J connectivity index is 1.47. The van der Waals surface area contributed by atoms with Gasteiger partial charge in [0.25, 0.3) is 0 Å². The van der Waals surface area contributed by atoms with Crippen LogP contribution in [0.15, 0.2) is 53.4 Å². The van der Waals surface area contributed by atoms with Crippen molar-refractivity contribution in [1.29, 1.82) is 0 Å². The molecule has 2 aromatic carbocycles. The topological polar surface area (TPSA) is 105 Å². The smallest absolute Gasteiger partial charge is 0.243 e. The average Bonchev–Trinajstić information content (AvgIpc) is 2.86. The number of sulfonamides is 1. The summed E-state index contributed by atoms with van der Waals surface area (Å²) in [7, 11) is -3.52. The van der Waals surface area contributed by atoms with E-state index in [1.807, 2.05) is 38.1 Å². The van der Waals surface area contributed by atoms with Crippen molar-refractivity contribution < 1.29 is 22.7 Å². The molecular weight excluding hydrogens is 454 g/mol. The first-order chi connectivity index (χ1) is 16.3. The molecule has 0 aliphatic carbocycles. The molecule has 8 nitrogen and oxygen atoms in total. The number of benzene rings is 2. The molecule has 1 aliphatic heterocycles. The maximum absolute atomic E-state index is 12.7. The predicted molar refractivity (Wildman–Crippen MR) is 131 cm³/mol. The van der Waals surface area contributed by atoms with E-state index in [9.17, 15) is 18.0 Å². The summed E-state index contributed by atoms with van der Waals surface area (Å²) in [6.07, 6.45) is 1.57. The third kappa shape index (κ3) is 7.12. The van der Waals surface area contributed by atoms with Gasteiger partial charge in [0.15, 0.2) is 0 Å². The molecule has 2 amide bonds. The highest BCUT2D eigenvalue weighted by molar-refractivity contribution is 7.89. The van der Waals surface area contributed by atoms with E-state index in [-0.39, 0.29) is 22.6 Å². The highest BCUT2D eigenvalue weighted by atomic mass is 32.2. The van der Waals surface area contributed by atoms with E-state index in [2.05, 4.69) is 10.6 Å². The number of ether oxygens (including phenoxy) is 1. The molecule has 2 aromatic rings. The van der Waals surface area contributed by atoms with E-state index < -0.39 is 10.0 Å². The molecule has 1 saturated heterocycles. The van der Waals surface area contributed by atoms with Crippen molar-refractivity contribution in [2.45, 2.75) is 44.6 Å². The van der Waals surface area contributed by atoms with E-state index in [0.717, 1.165) is 17.5 Å². The summed E-state index contributed by atoms with van der Waals surface area (Å²) < 4.78 is 32.1. The van der Waals surface area contributed by atoms with Gasteiger partial charge in [0.1, 0.15) is 0 Å². The first-order valence-electron chi connectivity index (χ1n) is 11.6. The van der Waals surface area contributed by atoms with Gasteiger partial charge in [-0.2, -0.15) is 4.31 Å². The lowest BCUT2D eigenvalue weighted by Gasteiger charge is -2.26. The lowest BCUT2D eigenvalue weighted by Crippen LogP contribution is -2.40. The number of carbonyl (C=O) groups is 2. The number of morpholine rings is 1. The van der Waals surface area contributed by atoms with Crippen LogP contribution in [0.2, 0.25) is 0 Å². The minimum Gasteiger partial charge on any atom is -0.379 e. The highest BCUT2D eigenvalue weighted by Crippen LogP contribution is 2.18. The van der Waals surface area contributed by atoms with Gasteiger partial charge in [-0.3, -0.25) is 9.59 Å². The molecule has 1 heterocycles. The van der Waals surface area contributed by atoms with Gasteiger partial charge in [0, 0.05) is 37.7 Å². The van der Waals surface area contributed by atoms with Gasteiger partial charge >= 0.3 is 0 Å². The van der Waals surface area contributed by atoms with Crippen LogP contribution < -0.4 is 10.6 Å². The van der Waals surface area contributed by atoms with E-state index in [0.29, 0.717) is 51.4 Å². The fraction of sp³-hybridized carbons (Fsp3) is 0.440. The van der Waals surface area contributed by atoms with Crippen LogP contribution >= 0.6 is 0 Å². The van der Waals surface area contributed by atoms with Crippen LogP contribution in [0.25, 0.3) is 0 Å². The van der Waals surface area contributed by atoms with Crippen LogP contribution in [-0.2, 0) is 37.3 Å². The molecule has 34 heavy (non-hydrogen) atoms. The number of hydrogen-bond donors (Lipinski definition) is 2. The Morgan fingerprint density at radius 1 is 1.06 bits per heavy atom. The second-order valence-electron chi connectivity index (χ2n) is 8.44. The van der Waals surface area contributed by atoms with E-state index >= 15 is 0 Å². The molecule has 1 atom stereocenters. The minimum atomic E-state index is -3.52. The number of nitrogens with zero attached hydrogens (tertiary/aromatic N) is 1. The van der Waals surface area contributed by atoms with Crippen molar-refractivity contribution >= 4 is 27.5 Å². The van der Waals surface area contributed by atoms with Gasteiger partial charge in [0.05, 0.1) is 18.1 Å². The Morgan fingerprint density at radius 3 is 2.44 bits per heavy atom. The summed E-state index contributed by atoms with van der Waals surface area (Å²) in [4.78, 5) is 24.6. The van der Waals surface area contributed by atoms with Gasteiger partial charge in [-0.25, -0.2) is 8.42 Å². The van der Waals surface area contributed by atoms with Crippen LogP contribution in [0.3, 0.4) is 0 Å². The molecule has 184 valence electrons. The Labute approximate surface area is 201 Å². The van der Waals surface area contributed by atoms with E-state index in [1.54, 1.807) is 24.3 Å². The first kappa shape index (κ1) is 25.9. The van der Waals surface area contributed by atoms with Crippen molar-refractivity contribution in [3.63, 3.8) is 0 Å². The van der Waals surface area contributed by atoms with Gasteiger partial charge in [0.2, 0.25) is 21.8 Å². The van der Waals surface area contributed by atoms with Crippen LogP contribution in [0.1, 0.15) is 37.8 Å². The maximum Gasteiger partial charge on any atom is 0.243 e. The Hall–Kier alpha value is -2.75. The number of rotatable bonds is 10. The SMILES string of the molecule is CCC(C)C(=O)Nc1cccc(CNC(=O)CCc2ccc(S(=O)(=O)N3CCOCC3)cc2)c1. The molecule has 0 spiro atoms. The van der Waals surface area contributed by atoms with Crippen LogP contribution in [0, 0.1) is 5.92 Å². The summed E-state index contributed by atoms with van der Waals surface area (Å²) in [6, 6.07) is 14.1. The minimum absolute atomic E-state index is 0.0209. The quantitative estimate of drug-likeness (QED) is 0.536. The summed E-state index contributed by atoms with van der Waals surface area (Å²) >= 11 is 0. The fourth-order valence-corrected chi connectivity index (χ4v) is 4.93. The molecule has 2 N–H and O–H groups in total. The molecule has 1 aliphatic rings. The van der Waals surface area contributed by atoms with Gasteiger partial charge in [-0.05, 0) is 48.2 Å². The zero-order chi connectivity index (χ0) is 24.6. The number of carbonyl (C=O) groups excluding carboxylic acids is 2. The Bertz CT molecular complexity index is 1080. The number of aryl methyl sites for hydroxylation is 1. The molecule has 0 aromatic heterocycles. The Kier molecular flexibility index (Phi) is 9.20. The number of anilines is 1. The van der Waals surface area contributed by atoms with Gasteiger partial charge in [-0.1, -0.05) is 38.1 Å². The maximum atomic E-state index is 12.7. The van der Waals surface area contributed by atoms with Crippen LogP contribution in [-0.4, -0.2) is 50.8 Å². The zero-order valence-electron chi connectivity index (χ0n) is 19.7. The lowest BCUT2D eigenvalue weighted by atomic mass is 10.1. The second kappa shape index (κ2) is 12.1. The van der Waals surface area contributed by atoms with Crippen molar-refractivity contribution in [3.05, 3.63) is 59.7 Å². The zero-order valence-corrected chi connectivity index (χ0v) is 20.6. The van der Waals surface area contributed by atoms with Crippen LogP contribution in [0.4, 0.5) is 5.69 Å². The number of hydrogen-bond acceptors (Lipinski definition) is 5. The predicted octanol–water partition coefficient (Wildman–Crippen LogP) is 2.94. The third-order valence-electron chi connectivity index (χ3n) is 5.92. The summed E-state index contributed by atoms with van der Waals surface area (Å²) in [5, 5.41) is 5.80. The average molecular weight is 488 g/mol. The second-order valence-corrected chi connectivity index (χ2v) is 10.4. The van der Waals surface area contributed by atoms with Crippen molar-refractivity contribution in [3.8, 4) is 0 Å². The Morgan fingerprint density at radius 2 is 1.76 bits per heavy atom. The molecule has 3 rings (SSSR count). The fourth-order valence-electron chi connectivity index (χ4n) is 3.52. The lowest BCUT2D eigenvalue weighted by molar-refractivity contribution is -0.121. The first-order valence-corrected chi connectivity index (χ1v) is 13.1. The molecule has 9 heteroatoms. The largest absolute Gasteiger partial charge is 0.379 e. The van der Waals surface area contributed by atoms with Crippen LogP contribution in [0.5, 0.6) is 0 Å². The highest BCUT2D eigenvalue weighted by Gasteiger charge is 2.26. The molecule has 0 saturated carbocycles. The normalized spacial score (nSPS) is 15.5. The van der Waals surface area contributed by atoms with E-state index in [1.165, 1.54) is 4.31 Å². The molecule has 1 fully saturated rings. The molecule has 1 unspecified atom stereocenters. The van der Waals surface area contributed by atoms with Crippen molar-refractivity contribution in [2.75, 3.05) is 31.6 Å². The monoisotopic (exact) mass is 487 g/mol. The summed E-state index contributed by atoms with van der Waals surface area (Å²) in [6.45, 7) is 5.75. The van der Waals surface area contributed by atoms with Gasteiger partial charge in [-0.15, -0.1) is 0 Å². The summed E-state index contributed by atoms with van der Waals surface area (Å²) in [5.74, 6) is -0.177. The molecular formula is C25H33N3O5S. The van der Waals surface area contributed by atoms with Gasteiger partial charge < -0.3 is 15.4 Å². The van der Waals surface area contributed by atoms with Crippen molar-refractivity contribution in [1.82, 2.24) is 9.62 Å². The number of nitrogens with one attached hydrogen (secondary N) is 2. The van der Waals surface area contributed by atoms with Crippen molar-refractivity contribution in [2.24, 2.45) is 5.92 Å². The molecule has 0 bridgehead atoms. The standard InChI is InChI=1S/C25H33N3O5S/c1-3-19(2)25(30)27-22-6-4-5-21(17-22)18-26-24(29)12-9-20-7-10-23(11-8-20)34(31,32)28-13-15-33-16-14-28/h4-8,10-11,17,19H,3,9,12-16,18H2,1-2H3,(H,26,29)(H,27,30). The third-order valence-corrected chi connectivity index (χ3v) is 7.83. The van der Waals surface area contributed by atoms with E-state index in [4.69, 9.17) is 4.74 Å². The number of amides is 2. The summed E-state index contributed by atoms with van der Waals surface area (Å²) in [5.41, 5.74) is 2.50. The molecule has 0 radical (unpaired) electrons.